The molecule has 0 aliphatic rings. The Kier molecular flexibility index (Phi) is 3.32. The number of halogens is 1. The predicted octanol–water partition coefficient (Wildman–Crippen LogP) is 3.16. The van der Waals surface area contributed by atoms with Gasteiger partial charge in [-0.15, -0.1) is 0 Å². The predicted molar refractivity (Wildman–Crippen MR) is 68.3 cm³/mol. The second-order valence-electron chi connectivity index (χ2n) is 3.78. The lowest BCUT2D eigenvalue weighted by Crippen LogP contribution is -2.10. The van der Waals surface area contributed by atoms with E-state index in [4.69, 9.17) is 11.6 Å². The summed E-state index contributed by atoms with van der Waals surface area (Å²) in [6, 6.07) is 10.1. The van der Waals surface area contributed by atoms with Crippen LogP contribution in [-0.4, -0.2) is 11.6 Å². The summed E-state index contributed by atoms with van der Waals surface area (Å²) in [6.07, 6.45) is 2.06. The lowest BCUT2D eigenvalue weighted by Gasteiger charge is -2.12. The SMILES string of the molecule is CNCc1cccn1-c1cccc(Cl)c1C. The van der Waals surface area contributed by atoms with Gasteiger partial charge in [-0.2, -0.15) is 0 Å². The molecule has 3 heteroatoms. The molecular formula is C13H15ClN2. The minimum Gasteiger partial charge on any atom is -0.319 e. The molecule has 0 fully saturated rings. The number of nitrogens with zero attached hydrogens (tertiary/aromatic N) is 1. The van der Waals surface area contributed by atoms with Crippen molar-refractivity contribution >= 4 is 11.6 Å². The van der Waals surface area contributed by atoms with Gasteiger partial charge in [0.05, 0.1) is 0 Å². The van der Waals surface area contributed by atoms with Crippen LogP contribution in [0.4, 0.5) is 0 Å². The average molecular weight is 235 g/mol. The van der Waals surface area contributed by atoms with Gasteiger partial charge in [0.25, 0.3) is 0 Å². The highest BCUT2D eigenvalue weighted by atomic mass is 35.5. The Labute approximate surface area is 101 Å². The third-order valence-electron chi connectivity index (χ3n) is 2.69. The zero-order valence-electron chi connectivity index (χ0n) is 9.50. The standard InChI is InChI=1S/C13H15ClN2/c1-10-12(14)6-3-7-13(10)16-8-4-5-11(16)9-15-2/h3-8,15H,9H2,1-2H3. The molecular weight excluding hydrogens is 220 g/mol. The van der Waals surface area contributed by atoms with E-state index in [1.807, 2.05) is 32.2 Å². The lowest BCUT2D eigenvalue weighted by molar-refractivity contribution is 0.767. The van der Waals surface area contributed by atoms with Crippen molar-refractivity contribution in [2.24, 2.45) is 0 Å². The Bertz CT molecular complexity index is 488. The summed E-state index contributed by atoms with van der Waals surface area (Å²) in [5, 5.41) is 3.97. The van der Waals surface area contributed by atoms with Crippen LogP contribution < -0.4 is 5.32 Å². The van der Waals surface area contributed by atoms with E-state index in [0.717, 1.165) is 22.8 Å². The summed E-state index contributed by atoms with van der Waals surface area (Å²) in [7, 11) is 1.95. The maximum Gasteiger partial charge on any atom is 0.0496 e. The third-order valence-corrected chi connectivity index (χ3v) is 3.10. The highest BCUT2D eigenvalue weighted by Crippen LogP contribution is 2.23. The molecule has 0 atom stereocenters. The summed E-state index contributed by atoms with van der Waals surface area (Å²) in [6.45, 7) is 2.89. The summed E-state index contributed by atoms with van der Waals surface area (Å²) < 4.78 is 2.16. The Morgan fingerprint density at radius 2 is 2.06 bits per heavy atom. The van der Waals surface area contributed by atoms with E-state index in [-0.39, 0.29) is 0 Å². The number of rotatable bonds is 3. The fraction of sp³-hybridized carbons (Fsp3) is 0.231. The lowest BCUT2D eigenvalue weighted by atomic mass is 10.2. The van der Waals surface area contributed by atoms with Gasteiger partial charge >= 0.3 is 0 Å². The molecule has 0 saturated carbocycles. The maximum atomic E-state index is 6.13. The monoisotopic (exact) mass is 234 g/mol. The van der Waals surface area contributed by atoms with Crippen LogP contribution in [0.15, 0.2) is 36.5 Å². The van der Waals surface area contributed by atoms with Crippen LogP contribution in [0.1, 0.15) is 11.3 Å². The minimum atomic E-state index is 0.807. The van der Waals surface area contributed by atoms with Crippen molar-refractivity contribution in [3.05, 3.63) is 52.8 Å². The van der Waals surface area contributed by atoms with Crippen LogP contribution >= 0.6 is 11.6 Å². The minimum absolute atomic E-state index is 0.807. The van der Waals surface area contributed by atoms with Gasteiger partial charge in [-0.25, -0.2) is 0 Å². The molecule has 0 bridgehead atoms. The van der Waals surface area contributed by atoms with Crippen molar-refractivity contribution in [3.8, 4) is 5.69 Å². The van der Waals surface area contributed by atoms with Crippen LogP contribution in [0, 0.1) is 6.92 Å². The van der Waals surface area contributed by atoms with E-state index >= 15 is 0 Å². The van der Waals surface area contributed by atoms with E-state index < -0.39 is 0 Å². The molecule has 84 valence electrons. The quantitative estimate of drug-likeness (QED) is 0.863. The largest absolute Gasteiger partial charge is 0.319 e. The first-order valence-corrected chi connectivity index (χ1v) is 5.68. The molecule has 2 aromatic rings. The van der Waals surface area contributed by atoms with Gasteiger partial charge in [0.2, 0.25) is 0 Å². The van der Waals surface area contributed by atoms with Crippen LogP contribution in [0.3, 0.4) is 0 Å². The Balaban J connectivity index is 2.50. The van der Waals surface area contributed by atoms with Crippen molar-refractivity contribution in [3.63, 3.8) is 0 Å². The van der Waals surface area contributed by atoms with Gasteiger partial charge in [-0.3, -0.25) is 0 Å². The Morgan fingerprint density at radius 3 is 2.81 bits per heavy atom. The summed E-state index contributed by atoms with van der Waals surface area (Å²) >= 11 is 6.13. The molecule has 1 aromatic carbocycles. The normalized spacial score (nSPS) is 10.7. The van der Waals surface area contributed by atoms with E-state index in [9.17, 15) is 0 Å². The molecule has 0 radical (unpaired) electrons. The van der Waals surface area contributed by atoms with Gasteiger partial charge in [0.15, 0.2) is 0 Å². The number of hydrogen-bond donors (Lipinski definition) is 1. The van der Waals surface area contributed by atoms with Gasteiger partial charge < -0.3 is 9.88 Å². The second-order valence-corrected chi connectivity index (χ2v) is 4.19. The Hall–Kier alpha value is -1.25. The molecule has 2 nitrogen and oxygen atoms in total. The fourth-order valence-corrected chi connectivity index (χ4v) is 2.00. The first kappa shape index (κ1) is 11.2. The molecule has 1 N–H and O–H groups in total. The summed E-state index contributed by atoms with van der Waals surface area (Å²) in [5.41, 5.74) is 3.48. The number of benzene rings is 1. The fourth-order valence-electron chi connectivity index (χ4n) is 1.83. The average Bonchev–Trinajstić information content (AvgIpc) is 2.71. The van der Waals surface area contributed by atoms with Gasteiger partial charge in [-0.05, 0) is 43.8 Å². The summed E-state index contributed by atoms with van der Waals surface area (Å²) in [4.78, 5) is 0. The van der Waals surface area contributed by atoms with Crippen molar-refractivity contribution < 1.29 is 0 Å². The third kappa shape index (κ3) is 1.99. The van der Waals surface area contributed by atoms with E-state index in [2.05, 4.69) is 28.2 Å². The van der Waals surface area contributed by atoms with Crippen LogP contribution in [0.25, 0.3) is 5.69 Å². The molecule has 0 saturated heterocycles. The van der Waals surface area contributed by atoms with E-state index in [1.165, 1.54) is 5.69 Å². The van der Waals surface area contributed by atoms with Crippen molar-refractivity contribution in [1.29, 1.82) is 0 Å². The highest BCUT2D eigenvalue weighted by Gasteiger charge is 2.06. The highest BCUT2D eigenvalue weighted by molar-refractivity contribution is 6.31. The molecule has 1 aromatic heterocycles. The molecule has 0 spiro atoms. The van der Waals surface area contributed by atoms with Crippen LogP contribution in [-0.2, 0) is 6.54 Å². The first-order chi connectivity index (χ1) is 7.74. The molecule has 1 heterocycles. The second kappa shape index (κ2) is 4.73. The zero-order chi connectivity index (χ0) is 11.5. The zero-order valence-corrected chi connectivity index (χ0v) is 10.3. The topological polar surface area (TPSA) is 17.0 Å². The van der Waals surface area contributed by atoms with Crippen molar-refractivity contribution in [2.75, 3.05) is 7.05 Å². The molecule has 0 aliphatic heterocycles. The molecule has 16 heavy (non-hydrogen) atoms. The van der Waals surface area contributed by atoms with Crippen LogP contribution in [0.2, 0.25) is 5.02 Å². The molecule has 0 aliphatic carbocycles. The maximum absolute atomic E-state index is 6.13. The summed E-state index contributed by atoms with van der Waals surface area (Å²) in [5.74, 6) is 0. The number of hydrogen-bond acceptors (Lipinski definition) is 1. The first-order valence-electron chi connectivity index (χ1n) is 5.30. The molecule has 0 unspecified atom stereocenters. The molecule has 2 rings (SSSR count). The number of aromatic nitrogens is 1. The van der Waals surface area contributed by atoms with E-state index in [0.29, 0.717) is 0 Å². The van der Waals surface area contributed by atoms with Crippen molar-refractivity contribution in [2.45, 2.75) is 13.5 Å². The molecule has 0 amide bonds. The van der Waals surface area contributed by atoms with E-state index in [1.54, 1.807) is 0 Å². The van der Waals surface area contributed by atoms with Gasteiger partial charge in [-0.1, -0.05) is 17.7 Å². The smallest absolute Gasteiger partial charge is 0.0496 e. The van der Waals surface area contributed by atoms with Crippen LogP contribution in [0.5, 0.6) is 0 Å². The van der Waals surface area contributed by atoms with Crippen molar-refractivity contribution in [1.82, 2.24) is 9.88 Å². The van der Waals surface area contributed by atoms with Gasteiger partial charge in [0.1, 0.15) is 0 Å². The van der Waals surface area contributed by atoms with Gasteiger partial charge in [0, 0.05) is 29.1 Å². The number of nitrogens with one attached hydrogen (secondary N) is 1. The Morgan fingerprint density at radius 1 is 1.25 bits per heavy atom.